The molecule has 0 bridgehead atoms. The van der Waals surface area contributed by atoms with Crippen LogP contribution >= 0.6 is 22.6 Å². The standard InChI is InChI=1S/C23H21IN2O/c1-16-15-26(23(27)18-11-5-7-13-20(18)24)21-14-8-6-12-19(21)22(16)25-17-9-3-2-4-10-17/h2-14,16,22,25H,15H2,1H3. The van der Waals surface area contributed by atoms with Crippen LogP contribution in [0.15, 0.2) is 78.9 Å². The zero-order chi connectivity index (χ0) is 18.8. The summed E-state index contributed by atoms with van der Waals surface area (Å²) >= 11 is 2.24. The number of rotatable bonds is 3. The zero-order valence-electron chi connectivity index (χ0n) is 15.1. The minimum atomic E-state index is 0.0671. The molecule has 0 aromatic heterocycles. The Morgan fingerprint density at radius 1 is 0.963 bits per heavy atom. The first-order chi connectivity index (χ1) is 13.1. The van der Waals surface area contributed by atoms with Crippen LogP contribution in [0.1, 0.15) is 28.9 Å². The van der Waals surface area contributed by atoms with Crippen LogP contribution in [0, 0.1) is 9.49 Å². The number of fused-ring (bicyclic) bond motifs is 1. The number of hydrogen-bond acceptors (Lipinski definition) is 2. The summed E-state index contributed by atoms with van der Waals surface area (Å²) in [6.45, 7) is 2.89. The normalized spacial score (nSPS) is 18.7. The van der Waals surface area contributed by atoms with Gasteiger partial charge in [0.2, 0.25) is 0 Å². The van der Waals surface area contributed by atoms with Gasteiger partial charge in [-0.3, -0.25) is 4.79 Å². The van der Waals surface area contributed by atoms with Crippen LogP contribution in [0.3, 0.4) is 0 Å². The van der Waals surface area contributed by atoms with Gasteiger partial charge in [0.15, 0.2) is 0 Å². The van der Waals surface area contributed by atoms with E-state index in [2.05, 4.69) is 59.1 Å². The fraction of sp³-hybridized carbons (Fsp3) is 0.174. The molecule has 27 heavy (non-hydrogen) atoms. The lowest BCUT2D eigenvalue weighted by Crippen LogP contribution is -2.42. The molecule has 1 aliphatic heterocycles. The maximum Gasteiger partial charge on any atom is 0.259 e. The fourth-order valence-corrected chi connectivity index (χ4v) is 4.32. The molecule has 2 atom stereocenters. The lowest BCUT2D eigenvalue weighted by Gasteiger charge is -2.39. The van der Waals surface area contributed by atoms with E-state index in [-0.39, 0.29) is 17.9 Å². The first kappa shape index (κ1) is 18.0. The van der Waals surface area contributed by atoms with E-state index in [0.717, 1.165) is 20.5 Å². The minimum Gasteiger partial charge on any atom is -0.378 e. The number of benzene rings is 3. The van der Waals surface area contributed by atoms with Gasteiger partial charge in [-0.1, -0.05) is 55.5 Å². The van der Waals surface area contributed by atoms with Gasteiger partial charge in [-0.15, -0.1) is 0 Å². The van der Waals surface area contributed by atoms with Crippen molar-refractivity contribution in [3.63, 3.8) is 0 Å². The summed E-state index contributed by atoms with van der Waals surface area (Å²) in [6, 6.07) is 26.4. The van der Waals surface area contributed by atoms with E-state index in [0.29, 0.717) is 6.54 Å². The number of halogens is 1. The Balaban J connectivity index is 1.71. The second-order valence-electron chi connectivity index (χ2n) is 6.92. The number of para-hydroxylation sites is 2. The van der Waals surface area contributed by atoms with Crippen LogP contribution in [0.2, 0.25) is 0 Å². The van der Waals surface area contributed by atoms with Crippen molar-refractivity contribution in [2.45, 2.75) is 13.0 Å². The summed E-state index contributed by atoms with van der Waals surface area (Å²) in [5.41, 5.74) is 4.02. The van der Waals surface area contributed by atoms with Crippen LogP contribution in [0.25, 0.3) is 0 Å². The van der Waals surface area contributed by atoms with Crippen molar-refractivity contribution in [2.75, 3.05) is 16.8 Å². The van der Waals surface area contributed by atoms with Gasteiger partial charge in [-0.2, -0.15) is 0 Å². The molecule has 0 spiro atoms. The quantitative estimate of drug-likeness (QED) is 0.498. The molecule has 0 radical (unpaired) electrons. The van der Waals surface area contributed by atoms with Crippen molar-refractivity contribution in [1.82, 2.24) is 0 Å². The molecule has 1 aliphatic rings. The van der Waals surface area contributed by atoms with Gasteiger partial charge in [-0.25, -0.2) is 0 Å². The molecule has 0 saturated heterocycles. The highest BCUT2D eigenvalue weighted by atomic mass is 127. The predicted molar refractivity (Wildman–Crippen MR) is 119 cm³/mol. The molecule has 1 N–H and O–H groups in total. The summed E-state index contributed by atoms with van der Waals surface area (Å²) in [6.07, 6.45) is 0. The van der Waals surface area contributed by atoms with Gasteiger partial charge in [0.1, 0.15) is 0 Å². The number of carbonyl (C=O) groups is 1. The molecule has 3 nitrogen and oxygen atoms in total. The van der Waals surface area contributed by atoms with Crippen LogP contribution in [-0.2, 0) is 0 Å². The van der Waals surface area contributed by atoms with Crippen LogP contribution < -0.4 is 10.2 Å². The van der Waals surface area contributed by atoms with E-state index in [4.69, 9.17) is 0 Å². The molecular formula is C23H21IN2O. The lowest BCUT2D eigenvalue weighted by molar-refractivity contribution is 0.0978. The van der Waals surface area contributed by atoms with Gasteiger partial charge in [0.25, 0.3) is 5.91 Å². The number of anilines is 2. The fourth-order valence-electron chi connectivity index (χ4n) is 3.70. The highest BCUT2D eigenvalue weighted by Gasteiger charge is 2.34. The van der Waals surface area contributed by atoms with E-state index >= 15 is 0 Å². The molecule has 4 heteroatoms. The number of carbonyl (C=O) groups excluding carboxylic acids is 1. The number of hydrogen-bond donors (Lipinski definition) is 1. The van der Waals surface area contributed by atoms with Crippen molar-refractivity contribution >= 4 is 39.9 Å². The van der Waals surface area contributed by atoms with Crippen LogP contribution in [0.5, 0.6) is 0 Å². The molecule has 3 aromatic carbocycles. The third-order valence-electron chi connectivity index (χ3n) is 5.05. The Bertz CT molecular complexity index is 957. The van der Waals surface area contributed by atoms with Crippen molar-refractivity contribution < 1.29 is 4.79 Å². The third kappa shape index (κ3) is 3.58. The molecule has 136 valence electrons. The predicted octanol–water partition coefficient (Wildman–Crippen LogP) is 5.74. The topological polar surface area (TPSA) is 32.3 Å². The molecular weight excluding hydrogens is 447 g/mol. The Morgan fingerprint density at radius 2 is 1.63 bits per heavy atom. The Kier molecular flexibility index (Phi) is 5.16. The van der Waals surface area contributed by atoms with E-state index in [1.165, 1.54) is 5.56 Å². The summed E-state index contributed by atoms with van der Waals surface area (Å²) < 4.78 is 0.981. The number of amides is 1. The second kappa shape index (κ2) is 7.72. The minimum absolute atomic E-state index is 0.0671. The molecule has 0 aliphatic carbocycles. The average molecular weight is 468 g/mol. The van der Waals surface area contributed by atoms with Gasteiger partial charge in [0, 0.05) is 21.5 Å². The number of nitrogens with one attached hydrogen (secondary N) is 1. The SMILES string of the molecule is CC1CN(C(=O)c2ccccc2I)c2ccccc2C1Nc1ccccc1. The maximum absolute atomic E-state index is 13.3. The first-order valence-electron chi connectivity index (χ1n) is 9.12. The molecule has 1 heterocycles. The van der Waals surface area contributed by atoms with Crippen LogP contribution in [-0.4, -0.2) is 12.5 Å². The molecule has 0 saturated carbocycles. The zero-order valence-corrected chi connectivity index (χ0v) is 17.3. The van der Waals surface area contributed by atoms with Crippen molar-refractivity contribution in [3.05, 3.63) is 93.6 Å². The Hall–Kier alpha value is -2.34. The van der Waals surface area contributed by atoms with E-state index in [1.54, 1.807) is 0 Å². The van der Waals surface area contributed by atoms with E-state index in [1.807, 2.05) is 59.5 Å². The maximum atomic E-state index is 13.3. The summed E-state index contributed by atoms with van der Waals surface area (Å²) in [5, 5.41) is 3.66. The van der Waals surface area contributed by atoms with Gasteiger partial charge in [0.05, 0.1) is 11.6 Å². The number of nitrogens with zero attached hydrogens (tertiary/aromatic N) is 1. The van der Waals surface area contributed by atoms with Crippen molar-refractivity contribution in [3.8, 4) is 0 Å². The van der Waals surface area contributed by atoms with Gasteiger partial charge < -0.3 is 10.2 Å². The van der Waals surface area contributed by atoms with Crippen LogP contribution in [0.4, 0.5) is 11.4 Å². The Morgan fingerprint density at radius 3 is 2.41 bits per heavy atom. The Labute approximate surface area is 173 Å². The monoisotopic (exact) mass is 468 g/mol. The summed E-state index contributed by atoms with van der Waals surface area (Å²) in [4.78, 5) is 15.2. The largest absolute Gasteiger partial charge is 0.378 e. The van der Waals surface area contributed by atoms with Gasteiger partial charge in [-0.05, 0) is 64.4 Å². The summed E-state index contributed by atoms with van der Waals surface area (Å²) in [7, 11) is 0. The average Bonchev–Trinajstić information content (AvgIpc) is 2.70. The third-order valence-corrected chi connectivity index (χ3v) is 5.99. The lowest BCUT2D eigenvalue weighted by atomic mass is 9.87. The van der Waals surface area contributed by atoms with Gasteiger partial charge >= 0.3 is 0 Å². The first-order valence-corrected chi connectivity index (χ1v) is 10.2. The second-order valence-corrected chi connectivity index (χ2v) is 8.08. The molecule has 3 aromatic rings. The van der Waals surface area contributed by atoms with Crippen molar-refractivity contribution in [1.29, 1.82) is 0 Å². The molecule has 4 rings (SSSR count). The van der Waals surface area contributed by atoms with E-state index in [9.17, 15) is 4.79 Å². The highest BCUT2D eigenvalue weighted by Crippen LogP contribution is 2.39. The molecule has 2 unspecified atom stereocenters. The molecule has 1 amide bonds. The summed E-state index contributed by atoms with van der Waals surface area (Å²) in [5.74, 6) is 0.350. The highest BCUT2D eigenvalue weighted by molar-refractivity contribution is 14.1. The van der Waals surface area contributed by atoms with Crippen molar-refractivity contribution in [2.24, 2.45) is 5.92 Å². The van der Waals surface area contributed by atoms with E-state index < -0.39 is 0 Å². The smallest absolute Gasteiger partial charge is 0.259 e. The molecule has 0 fully saturated rings.